The van der Waals surface area contributed by atoms with E-state index in [1.54, 1.807) is 24.0 Å². The van der Waals surface area contributed by atoms with Crippen molar-refractivity contribution in [1.82, 2.24) is 24.8 Å². The molecule has 4 N–H and O–H groups in total. The number of imidazole rings is 1. The van der Waals surface area contributed by atoms with Gasteiger partial charge in [0.1, 0.15) is 17.2 Å². The number of nitrogens with one attached hydrogen (secondary N) is 2. The molecular weight excluding hydrogens is 461 g/mol. The van der Waals surface area contributed by atoms with Gasteiger partial charge in [0.25, 0.3) is 5.56 Å². The molecule has 10 heteroatoms. The third-order valence-electron chi connectivity index (χ3n) is 6.87. The molecule has 1 fully saturated rings. The van der Waals surface area contributed by atoms with E-state index in [1.165, 1.54) is 12.1 Å². The van der Waals surface area contributed by atoms with Crippen LogP contribution in [-0.2, 0) is 4.79 Å². The Hall–Kier alpha value is -3.76. The summed E-state index contributed by atoms with van der Waals surface area (Å²) in [5.41, 5.74) is 8.23. The number of hydrogen-bond acceptors (Lipinski definition) is 6. The van der Waals surface area contributed by atoms with Crippen LogP contribution in [0.5, 0.6) is 0 Å². The normalized spacial score (nSPS) is 15.1. The Labute approximate surface area is 207 Å². The fourth-order valence-electron chi connectivity index (χ4n) is 4.85. The van der Waals surface area contributed by atoms with Gasteiger partial charge in [-0.1, -0.05) is 6.07 Å². The Kier molecular flexibility index (Phi) is 6.46. The highest BCUT2D eigenvalue weighted by atomic mass is 19.1. The van der Waals surface area contributed by atoms with Gasteiger partial charge in [-0.15, -0.1) is 0 Å². The molecule has 4 aromatic rings. The second-order valence-corrected chi connectivity index (χ2v) is 9.36. The maximum Gasteiger partial charge on any atom is 0.261 e. The lowest BCUT2D eigenvalue weighted by Gasteiger charge is -2.32. The number of H-pyrrole nitrogens is 2. The topological polar surface area (TPSA) is 114 Å². The number of amides is 1. The molecule has 1 saturated heterocycles. The molecule has 1 amide bonds. The van der Waals surface area contributed by atoms with Crippen LogP contribution in [0.2, 0.25) is 0 Å². The Balaban J connectivity index is 1.41. The van der Waals surface area contributed by atoms with Gasteiger partial charge >= 0.3 is 0 Å². The van der Waals surface area contributed by atoms with E-state index in [4.69, 9.17) is 5.73 Å². The standard InChI is InChI=1S/C26H30FN7O2/c1-16(35)34(10-4-9-33-13-11-32(2)12-14-33)17-7-8-19-21(15-17)30-25(29-19)23-24(28)22-18(27)5-3-6-20(22)31-26(23)36/h3,5-8,15H,4,9-14H2,1-2H3,(H,29,30)(H3,28,31,36). The molecule has 0 aliphatic carbocycles. The molecule has 36 heavy (non-hydrogen) atoms. The van der Waals surface area contributed by atoms with Gasteiger partial charge in [-0.05, 0) is 50.3 Å². The number of hydrogen-bond donors (Lipinski definition) is 3. The predicted octanol–water partition coefficient (Wildman–Crippen LogP) is 2.78. The summed E-state index contributed by atoms with van der Waals surface area (Å²) in [6.45, 7) is 7.31. The van der Waals surface area contributed by atoms with E-state index in [9.17, 15) is 14.0 Å². The van der Waals surface area contributed by atoms with E-state index in [0.29, 0.717) is 23.1 Å². The Morgan fingerprint density at radius 3 is 2.67 bits per heavy atom. The van der Waals surface area contributed by atoms with E-state index in [2.05, 4.69) is 31.8 Å². The third-order valence-corrected chi connectivity index (χ3v) is 6.87. The molecule has 0 saturated carbocycles. The van der Waals surface area contributed by atoms with Gasteiger partial charge < -0.3 is 30.4 Å². The molecule has 9 nitrogen and oxygen atoms in total. The summed E-state index contributed by atoms with van der Waals surface area (Å²) in [5, 5.41) is 0.149. The molecule has 0 unspecified atom stereocenters. The van der Waals surface area contributed by atoms with Crippen LogP contribution in [0.25, 0.3) is 33.3 Å². The van der Waals surface area contributed by atoms with Crippen LogP contribution in [0.15, 0.2) is 41.2 Å². The molecule has 0 atom stereocenters. The molecule has 0 radical (unpaired) electrons. The van der Waals surface area contributed by atoms with Crippen molar-refractivity contribution in [2.45, 2.75) is 13.3 Å². The minimum Gasteiger partial charge on any atom is -0.397 e. The maximum atomic E-state index is 14.5. The number of fused-ring (bicyclic) bond motifs is 2. The summed E-state index contributed by atoms with van der Waals surface area (Å²) in [6, 6.07) is 9.90. The molecule has 0 bridgehead atoms. The monoisotopic (exact) mass is 491 g/mol. The van der Waals surface area contributed by atoms with E-state index < -0.39 is 11.4 Å². The lowest BCUT2D eigenvalue weighted by molar-refractivity contribution is -0.116. The fraction of sp³-hybridized carbons (Fsp3) is 0.346. The lowest BCUT2D eigenvalue weighted by atomic mass is 10.1. The van der Waals surface area contributed by atoms with Gasteiger partial charge in [0, 0.05) is 45.3 Å². The zero-order valence-electron chi connectivity index (χ0n) is 20.5. The summed E-state index contributed by atoms with van der Waals surface area (Å²) in [4.78, 5) is 42.1. The van der Waals surface area contributed by atoms with Gasteiger partial charge in [-0.25, -0.2) is 9.37 Å². The first-order valence-corrected chi connectivity index (χ1v) is 12.1. The van der Waals surface area contributed by atoms with Gasteiger partial charge in [0.15, 0.2) is 0 Å². The molecular formula is C26H30FN7O2. The highest BCUT2D eigenvalue weighted by Crippen LogP contribution is 2.30. The van der Waals surface area contributed by atoms with Gasteiger partial charge in [-0.2, -0.15) is 0 Å². The third kappa shape index (κ3) is 4.57. The number of benzene rings is 2. The molecule has 188 valence electrons. The van der Waals surface area contributed by atoms with Gasteiger partial charge in [0.05, 0.1) is 27.6 Å². The zero-order valence-corrected chi connectivity index (χ0v) is 20.5. The number of carbonyl (C=O) groups excluding carboxylic acids is 1. The van der Waals surface area contributed by atoms with Gasteiger partial charge in [0.2, 0.25) is 5.91 Å². The highest BCUT2D eigenvalue weighted by Gasteiger charge is 2.20. The quantitative estimate of drug-likeness (QED) is 0.382. The summed E-state index contributed by atoms with van der Waals surface area (Å²) in [7, 11) is 2.13. The largest absolute Gasteiger partial charge is 0.397 e. The molecule has 2 aromatic carbocycles. The Bertz CT molecular complexity index is 1490. The first-order chi connectivity index (χ1) is 17.3. The second-order valence-electron chi connectivity index (χ2n) is 9.36. The Morgan fingerprint density at radius 2 is 1.92 bits per heavy atom. The SMILES string of the molecule is CC(=O)N(CCCN1CCN(C)CC1)c1ccc2nc(-c3c(N)c4c(F)cccc4[nH]c3=O)[nH]c2c1. The number of nitrogens with zero attached hydrogens (tertiary/aromatic N) is 4. The summed E-state index contributed by atoms with van der Waals surface area (Å²) in [5.74, 6) is -0.316. The number of aromatic amines is 2. The summed E-state index contributed by atoms with van der Waals surface area (Å²) < 4.78 is 14.5. The van der Waals surface area contributed by atoms with Crippen LogP contribution in [0, 0.1) is 5.82 Å². The number of pyridine rings is 1. The van der Waals surface area contributed by atoms with Crippen molar-refractivity contribution < 1.29 is 9.18 Å². The first-order valence-electron chi connectivity index (χ1n) is 12.1. The lowest BCUT2D eigenvalue weighted by Crippen LogP contribution is -2.45. The van der Waals surface area contributed by atoms with Crippen molar-refractivity contribution in [1.29, 1.82) is 0 Å². The van der Waals surface area contributed by atoms with Crippen LogP contribution in [-0.4, -0.2) is 77.0 Å². The van der Waals surface area contributed by atoms with Crippen molar-refractivity contribution in [3.05, 3.63) is 52.6 Å². The predicted molar refractivity (Wildman–Crippen MR) is 141 cm³/mol. The van der Waals surface area contributed by atoms with Crippen LogP contribution in [0.3, 0.4) is 0 Å². The Morgan fingerprint density at radius 1 is 1.14 bits per heavy atom. The molecule has 1 aliphatic rings. The van der Waals surface area contributed by atoms with Crippen LogP contribution >= 0.6 is 0 Å². The van der Waals surface area contributed by atoms with Crippen LogP contribution in [0.4, 0.5) is 15.8 Å². The summed E-state index contributed by atoms with van der Waals surface area (Å²) >= 11 is 0. The molecule has 5 rings (SSSR count). The van der Waals surface area contributed by atoms with Gasteiger partial charge in [-0.3, -0.25) is 9.59 Å². The average Bonchev–Trinajstić information content (AvgIpc) is 3.25. The van der Waals surface area contributed by atoms with Crippen molar-refractivity contribution in [2.75, 3.05) is 56.9 Å². The fourth-order valence-corrected chi connectivity index (χ4v) is 4.85. The maximum absolute atomic E-state index is 14.5. The second kappa shape index (κ2) is 9.71. The van der Waals surface area contributed by atoms with E-state index in [-0.39, 0.29) is 28.4 Å². The number of likely N-dealkylation sites (N-methyl/N-ethyl adjacent to an activating group) is 1. The van der Waals surface area contributed by atoms with Crippen molar-refractivity contribution >= 4 is 39.2 Å². The van der Waals surface area contributed by atoms with E-state index in [1.807, 2.05) is 12.1 Å². The molecule has 2 aromatic heterocycles. The minimum atomic E-state index is -0.519. The number of nitrogen functional groups attached to an aromatic ring is 1. The highest BCUT2D eigenvalue weighted by molar-refractivity contribution is 5.99. The zero-order chi connectivity index (χ0) is 25.4. The van der Waals surface area contributed by atoms with Crippen molar-refractivity contribution in [2.24, 2.45) is 0 Å². The summed E-state index contributed by atoms with van der Waals surface area (Å²) in [6.07, 6.45) is 0.865. The number of piperazine rings is 1. The number of carbonyl (C=O) groups is 1. The number of anilines is 2. The van der Waals surface area contributed by atoms with Crippen LogP contribution in [0.1, 0.15) is 13.3 Å². The molecule has 1 aliphatic heterocycles. The van der Waals surface area contributed by atoms with Crippen molar-refractivity contribution in [3.8, 4) is 11.4 Å². The first kappa shape index (κ1) is 24.0. The number of rotatable bonds is 6. The minimum absolute atomic E-state index is 0.0281. The van der Waals surface area contributed by atoms with Crippen LogP contribution < -0.4 is 16.2 Å². The van der Waals surface area contributed by atoms with Crippen molar-refractivity contribution in [3.63, 3.8) is 0 Å². The average molecular weight is 492 g/mol. The molecule has 3 heterocycles. The number of aromatic nitrogens is 3. The molecule has 0 spiro atoms. The van der Waals surface area contributed by atoms with E-state index >= 15 is 0 Å². The number of halogens is 1. The van der Waals surface area contributed by atoms with E-state index in [0.717, 1.165) is 44.8 Å². The number of nitrogens with two attached hydrogens (primary N) is 1. The smallest absolute Gasteiger partial charge is 0.261 e.